The average Bonchev–Trinajstić information content (AvgIpc) is 3.41. The van der Waals surface area contributed by atoms with Crippen molar-refractivity contribution in [2.45, 2.75) is 72.8 Å². The molecule has 2 rings (SSSR count). The van der Waals surface area contributed by atoms with Gasteiger partial charge >= 0.3 is 5.97 Å². The first-order chi connectivity index (χ1) is 25.7. The Bertz CT molecular complexity index is 1460. The maximum absolute atomic E-state index is 12.4. The van der Waals surface area contributed by atoms with E-state index in [1.165, 1.54) is 31.1 Å². The molecule has 1 aliphatic heterocycles. The van der Waals surface area contributed by atoms with E-state index in [0.29, 0.717) is 25.1 Å². The van der Waals surface area contributed by atoms with Gasteiger partial charge in [0.2, 0.25) is 23.6 Å². The number of carbonyl (C=O) groups excluding carboxylic acids is 5. The van der Waals surface area contributed by atoms with Crippen LogP contribution in [0.5, 0.6) is 11.5 Å². The molecule has 1 aromatic rings. The minimum atomic E-state index is -0.888. The van der Waals surface area contributed by atoms with Crippen LogP contribution in [0.4, 0.5) is 5.69 Å². The standard InChI is InChI=1S/C37H56N5O12.U/c1-24(2)28-21-26(5)41(36(28)46)15-10-34(44)40-14-18-52-20-19-51-17-11-35(45)39-13-12-38-33(43)9-8-16-53-32-23-30(42(48)49)29(22-31(32)50-7)27(6)54-37(47)25(3)4;/h5,22-25,27-28H,8-21H2,1-4,6-7H3,(H,38,43)(H,39,45)(H,40,44);/q-1;. The van der Waals surface area contributed by atoms with Crippen LogP contribution < -0.4 is 25.4 Å². The number of hydrogen-bond acceptors (Lipinski definition) is 12. The van der Waals surface area contributed by atoms with Gasteiger partial charge in [-0.25, -0.2) is 0 Å². The second-order valence-electron chi connectivity index (χ2n) is 13.3. The van der Waals surface area contributed by atoms with Crippen molar-refractivity contribution in [1.82, 2.24) is 20.9 Å². The number of amides is 4. The summed E-state index contributed by atoms with van der Waals surface area (Å²) in [6.07, 6.45) is 0.347. The Morgan fingerprint density at radius 1 is 0.873 bits per heavy atom. The molecule has 2 atom stereocenters. The summed E-state index contributed by atoms with van der Waals surface area (Å²) in [5.74, 6) is -1.22. The summed E-state index contributed by atoms with van der Waals surface area (Å²) in [4.78, 5) is 73.5. The van der Waals surface area contributed by atoms with Crippen molar-refractivity contribution < 1.29 is 83.7 Å². The first-order valence-electron chi connectivity index (χ1n) is 18.2. The van der Waals surface area contributed by atoms with Gasteiger partial charge in [0.15, 0.2) is 11.5 Å². The summed E-state index contributed by atoms with van der Waals surface area (Å²) in [7, 11) is 1.38. The van der Waals surface area contributed by atoms with Crippen LogP contribution in [0.3, 0.4) is 0 Å². The van der Waals surface area contributed by atoms with E-state index >= 15 is 0 Å². The van der Waals surface area contributed by atoms with Gasteiger partial charge in [0.1, 0.15) is 6.10 Å². The molecule has 306 valence electrons. The van der Waals surface area contributed by atoms with Crippen LogP contribution in [-0.4, -0.2) is 106 Å². The molecule has 55 heavy (non-hydrogen) atoms. The van der Waals surface area contributed by atoms with Crippen LogP contribution in [0.1, 0.15) is 78.4 Å². The normalized spacial score (nSPS) is 14.3. The summed E-state index contributed by atoms with van der Waals surface area (Å²) >= 11 is 0. The molecular formula is C37H56N5O12U-. The number of carbonyl (C=O) groups is 5. The molecule has 2 unspecified atom stereocenters. The summed E-state index contributed by atoms with van der Waals surface area (Å²) in [6.45, 7) is 16.9. The number of methoxy groups -OCH3 is 1. The summed E-state index contributed by atoms with van der Waals surface area (Å²) in [6, 6.07) is 2.61. The second kappa shape index (κ2) is 26.2. The van der Waals surface area contributed by atoms with Gasteiger partial charge in [-0.1, -0.05) is 27.7 Å². The molecule has 0 spiro atoms. The number of allylic oxidation sites excluding steroid dienone is 1. The molecule has 0 bridgehead atoms. The van der Waals surface area contributed by atoms with Gasteiger partial charge in [0, 0.05) is 82.5 Å². The largest absolute Gasteiger partial charge is 0.493 e. The number of rotatable bonds is 26. The molecule has 1 aliphatic rings. The first-order valence-corrected chi connectivity index (χ1v) is 18.2. The van der Waals surface area contributed by atoms with E-state index in [2.05, 4.69) is 16.0 Å². The fourth-order valence-electron chi connectivity index (χ4n) is 5.28. The number of nitrogens with zero attached hydrogens (tertiary/aromatic N) is 2. The van der Waals surface area contributed by atoms with Crippen molar-refractivity contribution in [2.75, 3.05) is 66.3 Å². The van der Waals surface area contributed by atoms with Gasteiger partial charge in [0.05, 0.1) is 62.6 Å². The third-order valence-electron chi connectivity index (χ3n) is 8.43. The molecule has 17 nitrogen and oxygen atoms in total. The topological polar surface area (TPSA) is 214 Å². The summed E-state index contributed by atoms with van der Waals surface area (Å²) in [5.41, 5.74) is 0.379. The van der Waals surface area contributed by atoms with Crippen molar-refractivity contribution in [3.63, 3.8) is 0 Å². The molecule has 0 saturated carbocycles. The number of likely N-dealkylation sites (tertiary alicyclic amines) is 1. The zero-order valence-electron chi connectivity index (χ0n) is 32.7. The molecule has 3 N–H and O–H groups in total. The number of benzene rings is 1. The van der Waals surface area contributed by atoms with E-state index in [4.69, 9.17) is 30.3 Å². The van der Waals surface area contributed by atoms with Crippen LogP contribution in [0, 0.1) is 65.6 Å². The van der Waals surface area contributed by atoms with Gasteiger partial charge in [0.25, 0.3) is 5.69 Å². The summed E-state index contributed by atoms with van der Waals surface area (Å²) in [5, 5.41) is 19.9. The van der Waals surface area contributed by atoms with Crippen molar-refractivity contribution in [3.8, 4) is 11.5 Å². The smallest absolute Gasteiger partial charge is 0.308 e. The Balaban J connectivity index is 0.0000151. The van der Waals surface area contributed by atoms with E-state index < -0.39 is 22.9 Å². The van der Waals surface area contributed by atoms with Crippen molar-refractivity contribution >= 4 is 35.3 Å². The maximum atomic E-state index is 12.4. The predicted molar refractivity (Wildman–Crippen MR) is 196 cm³/mol. The number of ether oxygens (including phenoxy) is 5. The molecule has 4 amide bonds. The monoisotopic (exact) mass is 1000 g/mol. The molecule has 1 fully saturated rings. The van der Waals surface area contributed by atoms with Gasteiger partial charge in [-0.2, -0.15) is 5.70 Å². The zero-order chi connectivity index (χ0) is 40.2. The first kappa shape index (κ1) is 49.3. The molecular weight excluding hydrogens is 944 g/mol. The van der Waals surface area contributed by atoms with Gasteiger partial charge in [-0.15, -0.1) is 0 Å². The molecule has 0 aliphatic carbocycles. The number of nitro benzene ring substituents is 1. The molecule has 0 aromatic heterocycles. The Kier molecular flexibility index (Phi) is 23.5. The van der Waals surface area contributed by atoms with E-state index in [1.807, 2.05) is 13.8 Å². The Labute approximate surface area is 346 Å². The zero-order valence-corrected chi connectivity index (χ0v) is 36.9. The number of hydrogen-bond donors (Lipinski definition) is 3. The average molecular weight is 1000 g/mol. The van der Waals surface area contributed by atoms with Crippen LogP contribution in [0.2, 0.25) is 0 Å². The van der Waals surface area contributed by atoms with E-state index in [1.54, 1.807) is 13.8 Å². The Morgan fingerprint density at radius 2 is 1.47 bits per heavy atom. The minimum Gasteiger partial charge on any atom is -0.493 e. The molecule has 0 radical (unpaired) electrons. The molecule has 1 saturated heterocycles. The van der Waals surface area contributed by atoms with E-state index in [0.717, 1.165) is 0 Å². The fraction of sp³-hybridized carbons (Fsp3) is 0.649. The maximum Gasteiger partial charge on any atom is 0.308 e. The second-order valence-corrected chi connectivity index (χ2v) is 13.3. The van der Waals surface area contributed by atoms with Crippen LogP contribution in [0.15, 0.2) is 17.8 Å². The predicted octanol–water partition coefficient (Wildman–Crippen LogP) is 3.01. The van der Waals surface area contributed by atoms with Crippen molar-refractivity contribution in [1.29, 1.82) is 0 Å². The number of nitro groups is 1. The quantitative estimate of drug-likeness (QED) is 0.0402. The van der Waals surface area contributed by atoms with Crippen molar-refractivity contribution in [3.05, 3.63) is 40.1 Å². The van der Waals surface area contributed by atoms with Crippen molar-refractivity contribution in [2.24, 2.45) is 17.8 Å². The number of nitrogens with one attached hydrogen (secondary N) is 3. The van der Waals surface area contributed by atoms with Crippen LogP contribution in [0.25, 0.3) is 0 Å². The third kappa shape index (κ3) is 17.7. The SMILES string of the molecule is [CH-]=C1CC(C(C)C)C(=O)N1CCC(=O)NCCOCCOCCC(=O)NCCNC(=O)CCCOc1cc([N+](=O)[O-])c(C(C)OC(=O)C(C)C)cc1OC.[U]. The summed E-state index contributed by atoms with van der Waals surface area (Å²) < 4.78 is 27.2. The van der Waals surface area contributed by atoms with Crippen LogP contribution >= 0.6 is 0 Å². The number of esters is 1. The van der Waals surface area contributed by atoms with Crippen LogP contribution in [-0.2, 0) is 38.2 Å². The third-order valence-corrected chi connectivity index (χ3v) is 8.43. The van der Waals surface area contributed by atoms with Gasteiger partial charge in [-0.3, -0.25) is 34.1 Å². The molecule has 1 heterocycles. The van der Waals surface area contributed by atoms with E-state index in [9.17, 15) is 34.1 Å². The fourth-order valence-corrected chi connectivity index (χ4v) is 5.28. The van der Waals surface area contributed by atoms with Gasteiger partial charge in [-0.05, 0) is 31.7 Å². The Hall–Kier alpha value is -3.72. The molecule has 1 aromatic carbocycles. The minimum absolute atomic E-state index is 0. The molecule has 18 heteroatoms. The van der Waals surface area contributed by atoms with E-state index in [-0.39, 0.29) is 161 Å². The Morgan fingerprint density at radius 3 is 2.05 bits per heavy atom. The van der Waals surface area contributed by atoms with Gasteiger partial charge < -0.3 is 51.1 Å².